The molecule has 2 aromatic rings. The maximum absolute atomic E-state index is 12.7. The van der Waals surface area contributed by atoms with Crippen molar-refractivity contribution in [3.05, 3.63) is 71.8 Å². The molecule has 2 aromatic carbocycles. The lowest BCUT2D eigenvalue weighted by Crippen LogP contribution is -2.35. The van der Waals surface area contributed by atoms with E-state index >= 15 is 0 Å². The summed E-state index contributed by atoms with van der Waals surface area (Å²) >= 11 is 0. The van der Waals surface area contributed by atoms with Crippen LogP contribution in [0, 0.1) is 5.92 Å². The first-order valence-corrected chi connectivity index (χ1v) is 8.11. The van der Waals surface area contributed by atoms with E-state index in [9.17, 15) is 19.5 Å². The van der Waals surface area contributed by atoms with E-state index in [0.717, 1.165) is 0 Å². The van der Waals surface area contributed by atoms with Crippen LogP contribution in [0.1, 0.15) is 40.5 Å². The standard InChI is InChI=1S/C20H20O5/c1-2-9-16(21)25-20(24)17(18(22)14-10-5-3-6-11-14)19(23)15-12-7-4-8-13-15/h3-8,10-13,16-17,21H,2,9H2,1H3. The van der Waals surface area contributed by atoms with Crippen LogP contribution in [0.25, 0.3) is 0 Å². The Balaban J connectivity index is 2.32. The highest BCUT2D eigenvalue weighted by Gasteiger charge is 2.37. The van der Waals surface area contributed by atoms with Crippen molar-refractivity contribution in [3.8, 4) is 0 Å². The fourth-order valence-corrected chi connectivity index (χ4v) is 2.38. The highest BCUT2D eigenvalue weighted by Crippen LogP contribution is 2.18. The summed E-state index contributed by atoms with van der Waals surface area (Å²) in [5.74, 6) is -3.98. The Bertz CT molecular complexity index is 673. The average Bonchev–Trinajstić information content (AvgIpc) is 2.63. The van der Waals surface area contributed by atoms with Gasteiger partial charge in [0.15, 0.2) is 17.5 Å². The molecule has 0 aliphatic carbocycles. The van der Waals surface area contributed by atoms with Gasteiger partial charge < -0.3 is 9.84 Å². The van der Waals surface area contributed by atoms with Crippen molar-refractivity contribution in [1.29, 1.82) is 0 Å². The number of carbonyl (C=O) groups excluding carboxylic acids is 3. The maximum atomic E-state index is 12.7. The van der Waals surface area contributed by atoms with Gasteiger partial charge in [-0.2, -0.15) is 0 Å². The van der Waals surface area contributed by atoms with Gasteiger partial charge in [-0.1, -0.05) is 74.0 Å². The van der Waals surface area contributed by atoms with Gasteiger partial charge in [-0.05, 0) is 0 Å². The number of aliphatic hydroxyl groups is 1. The zero-order valence-electron chi connectivity index (χ0n) is 13.9. The Kier molecular flexibility index (Phi) is 6.60. The van der Waals surface area contributed by atoms with E-state index in [1.54, 1.807) is 36.4 Å². The smallest absolute Gasteiger partial charge is 0.327 e. The van der Waals surface area contributed by atoms with Crippen molar-refractivity contribution in [2.24, 2.45) is 5.92 Å². The molecule has 0 fully saturated rings. The summed E-state index contributed by atoms with van der Waals surface area (Å²) in [6, 6.07) is 16.2. The van der Waals surface area contributed by atoms with E-state index in [2.05, 4.69) is 0 Å². The highest BCUT2D eigenvalue weighted by atomic mass is 16.6. The SMILES string of the molecule is CCCC(O)OC(=O)C(C(=O)c1ccccc1)C(=O)c1ccccc1. The third kappa shape index (κ3) is 4.84. The van der Waals surface area contributed by atoms with Crippen molar-refractivity contribution in [2.75, 3.05) is 0 Å². The summed E-state index contributed by atoms with van der Waals surface area (Å²) in [4.78, 5) is 37.9. The molecule has 2 rings (SSSR count). The second kappa shape index (κ2) is 8.89. The average molecular weight is 340 g/mol. The number of rotatable bonds is 8. The molecule has 0 saturated carbocycles. The summed E-state index contributed by atoms with van der Waals surface area (Å²) in [7, 11) is 0. The molecule has 0 heterocycles. The summed E-state index contributed by atoms with van der Waals surface area (Å²) in [6.45, 7) is 1.82. The zero-order chi connectivity index (χ0) is 18.2. The predicted octanol–water partition coefficient (Wildman–Crippen LogP) is 3.03. The third-order valence-corrected chi connectivity index (χ3v) is 3.66. The van der Waals surface area contributed by atoms with E-state index in [1.807, 2.05) is 6.92 Å². The van der Waals surface area contributed by atoms with Crippen LogP contribution in [0.4, 0.5) is 0 Å². The van der Waals surface area contributed by atoms with Gasteiger partial charge >= 0.3 is 5.97 Å². The molecule has 0 aliphatic rings. The number of ether oxygens (including phenoxy) is 1. The Morgan fingerprint density at radius 2 is 1.32 bits per heavy atom. The summed E-state index contributed by atoms with van der Waals surface area (Å²) in [5.41, 5.74) is 0.470. The van der Waals surface area contributed by atoms with Crippen LogP contribution in [0.2, 0.25) is 0 Å². The van der Waals surface area contributed by atoms with Gasteiger partial charge in [0.25, 0.3) is 0 Å². The summed E-state index contributed by atoms with van der Waals surface area (Å²) < 4.78 is 4.91. The summed E-state index contributed by atoms with van der Waals surface area (Å²) in [5, 5.41) is 9.71. The van der Waals surface area contributed by atoms with Crippen LogP contribution >= 0.6 is 0 Å². The highest BCUT2D eigenvalue weighted by molar-refractivity contribution is 6.26. The molecule has 0 amide bonds. The normalized spacial score (nSPS) is 11.8. The number of ketones is 2. The molecule has 1 unspecified atom stereocenters. The molecule has 0 aliphatic heterocycles. The van der Waals surface area contributed by atoms with E-state index < -0.39 is 29.7 Å². The molecule has 0 bridgehead atoms. The molecular weight excluding hydrogens is 320 g/mol. The van der Waals surface area contributed by atoms with Crippen molar-refractivity contribution >= 4 is 17.5 Å². The van der Waals surface area contributed by atoms with Crippen LogP contribution in [-0.4, -0.2) is 28.9 Å². The fraction of sp³-hybridized carbons (Fsp3) is 0.250. The number of esters is 1. The number of aliphatic hydroxyl groups excluding tert-OH is 1. The van der Waals surface area contributed by atoms with Crippen LogP contribution in [-0.2, 0) is 9.53 Å². The Morgan fingerprint density at radius 3 is 1.72 bits per heavy atom. The second-order valence-corrected chi connectivity index (χ2v) is 5.57. The van der Waals surface area contributed by atoms with Gasteiger partial charge in [0.1, 0.15) is 0 Å². The fourth-order valence-electron chi connectivity index (χ4n) is 2.38. The predicted molar refractivity (Wildman–Crippen MR) is 92.0 cm³/mol. The molecule has 5 heteroatoms. The second-order valence-electron chi connectivity index (χ2n) is 5.57. The van der Waals surface area contributed by atoms with E-state index in [0.29, 0.717) is 6.42 Å². The minimum Gasteiger partial charge on any atom is -0.435 e. The van der Waals surface area contributed by atoms with Crippen molar-refractivity contribution in [3.63, 3.8) is 0 Å². The first-order chi connectivity index (χ1) is 12.0. The lowest BCUT2D eigenvalue weighted by molar-refractivity contribution is -0.170. The Morgan fingerprint density at radius 1 is 0.880 bits per heavy atom. The Labute approximate surface area is 146 Å². The van der Waals surface area contributed by atoms with Gasteiger partial charge in [-0.3, -0.25) is 14.4 Å². The molecule has 0 radical (unpaired) electrons. The lowest BCUT2D eigenvalue weighted by atomic mass is 9.90. The summed E-state index contributed by atoms with van der Waals surface area (Å²) in [6.07, 6.45) is -0.511. The molecule has 1 N–H and O–H groups in total. The van der Waals surface area contributed by atoms with Gasteiger partial charge in [-0.25, -0.2) is 0 Å². The number of benzene rings is 2. The molecule has 0 saturated heterocycles. The zero-order valence-corrected chi connectivity index (χ0v) is 13.9. The topological polar surface area (TPSA) is 80.7 Å². The molecule has 0 spiro atoms. The first kappa shape index (κ1) is 18.5. The quantitative estimate of drug-likeness (QED) is 0.346. The van der Waals surface area contributed by atoms with Crippen molar-refractivity contribution in [1.82, 2.24) is 0 Å². The maximum Gasteiger partial charge on any atom is 0.327 e. The molecule has 1 atom stereocenters. The van der Waals surface area contributed by atoms with Gasteiger partial charge in [-0.15, -0.1) is 0 Å². The van der Waals surface area contributed by atoms with Crippen molar-refractivity contribution < 1.29 is 24.2 Å². The lowest BCUT2D eigenvalue weighted by Gasteiger charge is -2.17. The number of hydrogen-bond acceptors (Lipinski definition) is 5. The van der Waals surface area contributed by atoms with Gasteiger partial charge in [0.05, 0.1) is 0 Å². The molecule has 25 heavy (non-hydrogen) atoms. The minimum atomic E-state index is -1.64. The van der Waals surface area contributed by atoms with Crippen LogP contribution in [0.15, 0.2) is 60.7 Å². The minimum absolute atomic E-state index is 0.234. The largest absolute Gasteiger partial charge is 0.435 e. The van der Waals surface area contributed by atoms with Crippen LogP contribution < -0.4 is 0 Å². The third-order valence-electron chi connectivity index (χ3n) is 3.66. The molecule has 5 nitrogen and oxygen atoms in total. The molecule has 130 valence electrons. The van der Waals surface area contributed by atoms with Crippen LogP contribution in [0.5, 0.6) is 0 Å². The van der Waals surface area contributed by atoms with Gasteiger partial charge in [0, 0.05) is 17.5 Å². The van der Waals surface area contributed by atoms with Crippen molar-refractivity contribution in [2.45, 2.75) is 26.1 Å². The number of Topliss-reactive ketones (excluding diaryl/α,β-unsaturated/α-hetero) is 2. The Hall–Kier alpha value is -2.79. The molecule has 0 aromatic heterocycles. The monoisotopic (exact) mass is 340 g/mol. The number of carbonyl (C=O) groups is 3. The first-order valence-electron chi connectivity index (χ1n) is 8.11. The number of hydrogen-bond donors (Lipinski definition) is 1. The van der Waals surface area contributed by atoms with Crippen LogP contribution in [0.3, 0.4) is 0 Å². The molecular formula is C20H20O5. The van der Waals surface area contributed by atoms with E-state index in [-0.39, 0.29) is 17.5 Å². The van der Waals surface area contributed by atoms with E-state index in [1.165, 1.54) is 24.3 Å². The van der Waals surface area contributed by atoms with E-state index in [4.69, 9.17) is 4.74 Å². The van der Waals surface area contributed by atoms with Gasteiger partial charge in [0.2, 0.25) is 6.29 Å².